The minimum Gasteiger partial charge on any atom is -0.497 e. The summed E-state index contributed by atoms with van der Waals surface area (Å²) in [6, 6.07) is 14.4. The maximum Gasteiger partial charge on any atom is 0.251 e. The van der Waals surface area contributed by atoms with E-state index in [0.29, 0.717) is 28.8 Å². The van der Waals surface area contributed by atoms with E-state index in [-0.39, 0.29) is 24.1 Å². The van der Waals surface area contributed by atoms with Crippen molar-refractivity contribution in [3.05, 3.63) is 65.5 Å². The summed E-state index contributed by atoms with van der Waals surface area (Å²) >= 11 is 1.28. The number of amides is 2. The Bertz CT molecular complexity index is 1050. The Balaban J connectivity index is 1.45. The average molecular weight is 456 g/mol. The molecular weight excluding hydrogens is 430 g/mol. The molecule has 0 bridgehead atoms. The van der Waals surface area contributed by atoms with E-state index in [4.69, 9.17) is 9.47 Å². The number of hydrogen-bond acceptors (Lipinski definition) is 7. The number of rotatable bonds is 10. The third-order valence-corrected chi connectivity index (χ3v) is 5.69. The van der Waals surface area contributed by atoms with E-state index in [1.807, 2.05) is 24.3 Å². The second kappa shape index (κ2) is 11.2. The fourth-order valence-corrected chi connectivity index (χ4v) is 3.51. The highest BCUT2D eigenvalue weighted by Gasteiger charge is 2.13. The molecule has 2 amide bonds. The van der Waals surface area contributed by atoms with Gasteiger partial charge in [-0.25, -0.2) is 0 Å². The van der Waals surface area contributed by atoms with Crippen molar-refractivity contribution in [1.82, 2.24) is 25.4 Å². The Hall–Kier alpha value is -3.53. The molecule has 0 unspecified atom stereocenters. The van der Waals surface area contributed by atoms with E-state index >= 15 is 0 Å². The monoisotopic (exact) mass is 455 g/mol. The van der Waals surface area contributed by atoms with Crippen LogP contribution in [0.1, 0.15) is 21.7 Å². The summed E-state index contributed by atoms with van der Waals surface area (Å²) in [5, 5.41) is 14.5. The van der Waals surface area contributed by atoms with E-state index in [1.54, 1.807) is 50.1 Å². The standard InChI is InChI=1S/C22H25N5O4S/c1-27-19(13-24-21(29)16-6-10-18(31-3)11-7-16)25-26-22(27)32-14-20(28)23-12-15-4-8-17(30-2)9-5-15/h4-11H,12-14H2,1-3H3,(H,23,28)(H,24,29). The molecule has 0 saturated carbocycles. The Kier molecular flexibility index (Phi) is 8.09. The van der Waals surface area contributed by atoms with Gasteiger partial charge in [-0.2, -0.15) is 0 Å². The van der Waals surface area contributed by atoms with Crippen molar-refractivity contribution in [3.8, 4) is 11.5 Å². The minimum atomic E-state index is -0.220. The Morgan fingerprint density at radius 1 is 0.906 bits per heavy atom. The molecule has 2 aromatic carbocycles. The maximum absolute atomic E-state index is 12.3. The second-order valence-electron chi connectivity index (χ2n) is 6.78. The summed E-state index contributed by atoms with van der Waals surface area (Å²) in [4.78, 5) is 24.5. The molecule has 168 valence electrons. The molecule has 0 atom stereocenters. The topological polar surface area (TPSA) is 107 Å². The summed E-state index contributed by atoms with van der Waals surface area (Å²) in [5.41, 5.74) is 1.51. The van der Waals surface area contributed by atoms with Crippen LogP contribution in [0.2, 0.25) is 0 Å². The van der Waals surface area contributed by atoms with Gasteiger partial charge < -0.3 is 24.7 Å². The number of ether oxygens (including phenoxy) is 2. The zero-order chi connectivity index (χ0) is 22.9. The molecule has 10 heteroatoms. The fourth-order valence-electron chi connectivity index (χ4n) is 2.75. The smallest absolute Gasteiger partial charge is 0.251 e. The largest absolute Gasteiger partial charge is 0.497 e. The van der Waals surface area contributed by atoms with Gasteiger partial charge in [-0.15, -0.1) is 10.2 Å². The number of methoxy groups -OCH3 is 2. The molecule has 9 nitrogen and oxygen atoms in total. The number of nitrogens with one attached hydrogen (secondary N) is 2. The van der Waals surface area contributed by atoms with Gasteiger partial charge in [0.2, 0.25) is 5.91 Å². The molecule has 2 N–H and O–H groups in total. The first-order valence-corrected chi connectivity index (χ1v) is 10.8. The number of nitrogens with zero attached hydrogens (tertiary/aromatic N) is 3. The van der Waals surface area contributed by atoms with E-state index in [9.17, 15) is 9.59 Å². The molecule has 32 heavy (non-hydrogen) atoms. The molecule has 3 aromatic rings. The molecular formula is C22H25N5O4S. The zero-order valence-electron chi connectivity index (χ0n) is 18.1. The van der Waals surface area contributed by atoms with Gasteiger partial charge >= 0.3 is 0 Å². The number of aromatic nitrogens is 3. The van der Waals surface area contributed by atoms with Crippen molar-refractivity contribution in [2.45, 2.75) is 18.2 Å². The van der Waals surface area contributed by atoms with Crippen LogP contribution >= 0.6 is 11.8 Å². The molecule has 0 aliphatic rings. The molecule has 1 heterocycles. The fraction of sp³-hybridized carbons (Fsp3) is 0.273. The highest BCUT2D eigenvalue weighted by atomic mass is 32.2. The van der Waals surface area contributed by atoms with Gasteiger partial charge in [-0.1, -0.05) is 23.9 Å². The summed E-state index contributed by atoms with van der Waals surface area (Å²) in [5.74, 6) is 1.93. The van der Waals surface area contributed by atoms with Crippen LogP contribution in [-0.4, -0.2) is 46.6 Å². The summed E-state index contributed by atoms with van der Waals surface area (Å²) in [6.07, 6.45) is 0. The van der Waals surface area contributed by atoms with E-state index < -0.39 is 0 Å². The molecule has 0 spiro atoms. The second-order valence-corrected chi connectivity index (χ2v) is 7.72. The number of thioether (sulfide) groups is 1. The first-order valence-electron chi connectivity index (χ1n) is 9.83. The molecule has 0 radical (unpaired) electrons. The van der Waals surface area contributed by atoms with Crippen molar-refractivity contribution in [2.75, 3.05) is 20.0 Å². The zero-order valence-corrected chi connectivity index (χ0v) is 18.9. The first kappa shape index (κ1) is 23.1. The van der Waals surface area contributed by atoms with Crippen molar-refractivity contribution in [1.29, 1.82) is 0 Å². The molecule has 0 saturated heterocycles. The van der Waals surface area contributed by atoms with Gasteiger partial charge in [0.1, 0.15) is 11.5 Å². The predicted molar refractivity (Wildman–Crippen MR) is 121 cm³/mol. The van der Waals surface area contributed by atoms with Crippen LogP contribution in [0.4, 0.5) is 0 Å². The van der Waals surface area contributed by atoms with Crippen molar-refractivity contribution in [2.24, 2.45) is 7.05 Å². The van der Waals surface area contributed by atoms with Crippen molar-refractivity contribution >= 4 is 23.6 Å². The summed E-state index contributed by atoms with van der Waals surface area (Å²) in [7, 11) is 4.98. The SMILES string of the molecule is COc1ccc(CNC(=O)CSc2nnc(CNC(=O)c3ccc(OC)cc3)n2C)cc1. The lowest BCUT2D eigenvalue weighted by Crippen LogP contribution is -2.25. The van der Waals surface area contributed by atoms with Gasteiger partial charge in [0.05, 0.1) is 26.5 Å². The van der Waals surface area contributed by atoms with E-state index in [0.717, 1.165) is 11.3 Å². The molecule has 0 aliphatic carbocycles. The Labute approximate surface area is 190 Å². The highest BCUT2D eigenvalue weighted by molar-refractivity contribution is 7.99. The molecule has 1 aromatic heterocycles. The van der Waals surface area contributed by atoms with Crippen LogP contribution < -0.4 is 20.1 Å². The van der Waals surface area contributed by atoms with Crippen LogP contribution in [0.3, 0.4) is 0 Å². The molecule has 0 aliphatic heterocycles. The third kappa shape index (κ3) is 6.24. The third-order valence-electron chi connectivity index (χ3n) is 4.67. The van der Waals surface area contributed by atoms with Gasteiger partial charge in [-0.05, 0) is 42.0 Å². The van der Waals surface area contributed by atoms with Crippen molar-refractivity contribution in [3.63, 3.8) is 0 Å². The minimum absolute atomic E-state index is 0.108. The quantitative estimate of drug-likeness (QED) is 0.451. The van der Waals surface area contributed by atoms with Gasteiger partial charge in [0.25, 0.3) is 5.91 Å². The van der Waals surface area contributed by atoms with Gasteiger partial charge in [-0.3, -0.25) is 9.59 Å². The average Bonchev–Trinajstić information content (AvgIpc) is 3.19. The summed E-state index contributed by atoms with van der Waals surface area (Å²) in [6.45, 7) is 0.656. The predicted octanol–water partition coefficient (Wildman–Crippen LogP) is 2.17. The van der Waals surface area contributed by atoms with Crippen molar-refractivity contribution < 1.29 is 19.1 Å². The first-order chi connectivity index (χ1) is 15.5. The summed E-state index contributed by atoms with van der Waals surface area (Å²) < 4.78 is 12.0. The maximum atomic E-state index is 12.3. The van der Waals surface area contributed by atoms with Crippen LogP contribution in [-0.2, 0) is 24.9 Å². The van der Waals surface area contributed by atoms with Crippen LogP contribution in [0.5, 0.6) is 11.5 Å². The van der Waals surface area contributed by atoms with Gasteiger partial charge in [0, 0.05) is 19.2 Å². The van der Waals surface area contributed by atoms with Gasteiger partial charge in [0.15, 0.2) is 11.0 Å². The van der Waals surface area contributed by atoms with E-state index in [1.165, 1.54) is 11.8 Å². The number of hydrogen-bond donors (Lipinski definition) is 2. The number of benzene rings is 2. The lowest BCUT2D eigenvalue weighted by atomic mass is 10.2. The lowest BCUT2D eigenvalue weighted by molar-refractivity contribution is -0.118. The Morgan fingerprint density at radius 2 is 1.53 bits per heavy atom. The number of carbonyl (C=O) groups is 2. The number of carbonyl (C=O) groups excluding carboxylic acids is 2. The lowest BCUT2D eigenvalue weighted by Gasteiger charge is -2.07. The van der Waals surface area contributed by atoms with Crippen LogP contribution in [0, 0.1) is 0 Å². The van der Waals surface area contributed by atoms with E-state index in [2.05, 4.69) is 20.8 Å². The normalized spacial score (nSPS) is 10.5. The molecule has 3 rings (SSSR count). The van der Waals surface area contributed by atoms with Crippen LogP contribution in [0.25, 0.3) is 0 Å². The van der Waals surface area contributed by atoms with Crippen LogP contribution in [0.15, 0.2) is 53.7 Å². The highest BCUT2D eigenvalue weighted by Crippen LogP contribution is 2.16. The Morgan fingerprint density at radius 3 is 2.16 bits per heavy atom. The molecule has 0 fully saturated rings.